The summed E-state index contributed by atoms with van der Waals surface area (Å²) in [6, 6.07) is 19.9. The molecule has 0 unspecified atom stereocenters. The van der Waals surface area contributed by atoms with Crippen LogP contribution in [0.15, 0.2) is 72.4 Å². The van der Waals surface area contributed by atoms with Gasteiger partial charge in [-0.2, -0.15) is 0 Å². The number of nitrogens with zero attached hydrogens (tertiary/aromatic N) is 1. The van der Waals surface area contributed by atoms with Crippen LogP contribution in [0.1, 0.15) is 23.6 Å². The number of amides is 4. The average molecular weight is 611 g/mol. The summed E-state index contributed by atoms with van der Waals surface area (Å²) in [7, 11) is 0. The van der Waals surface area contributed by atoms with Gasteiger partial charge in [-0.05, 0) is 95.6 Å². The van der Waals surface area contributed by atoms with Crippen LogP contribution in [-0.4, -0.2) is 35.9 Å². The molecule has 1 heterocycles. The molecule has 4 amide bonds. The number of rotatable bonds is 9. The molecule has 9 heteroatoms. The molecule has 0 saturated carbocycles. The SMILES string of the molecule is CCOc1cc(/C=C2/NC(=O)N(CC(=O)Nc3cccc(C)c3)C2=O)ccc1OCc1ccc(I)cc1. The second-order valence-electron chi connectivity index (χ2n) is 8.35. The number of aryl methyl sites for hydroxylation is 1. The summed E-state index contributed by atoms with van der Waals surface area (Å²) in [5.74, 6) is 0.0392. The third-order valence-electron chi connectivity index (χ3n) is 5.45. The molecule has 1 aliphatic rings. The fraction of sp³-hybridized carbons (Fsp3) is 0.179. The minimum absolute atomic E-state index is 0.0726. The van der Waals surface area contributed by atoms with Crippen LogP contribution < -0.4 is 20.1 Å². The number of halogens is 1. The first kappa shape index (κ1) is 26.2. The second-order valence-corrected chi connectivity index (χ2v) is 9.60. The van der Waals surface area contributed by atoms with E-state index in [1.54, 1.807) is 36.4 Å². The summed E-state index contributed by atoms with van der Waals surface area (Å²) in [6.45, 7) is 4.19. The number of carbonyl (C=O) groups excluding carboxylic acids is 3. The van der Waals surface area contributed by atoms with Crippen molar-refractivity contribution in [1.82, 2.24) is 10.2 Å². The number of nitrogens with one attached hydrogen (secondary N) is 2. The normalized spacial score (nSPS) is 14.0. The maximum absolute atomic E-state index is 12.9. The maximum atomic E-state index is 12.9. The van der Waals surface area contributed by atoms with Crippen molar-refractivity contribution in [3.8, 4) is 11.5 Å². The van der Waals surface area contributed by atoms with Gasteiger partial charge in [0.2, 0.25) is 5.91 Å². The van der Waals surface area contributed by atoms with Crippen LogP contribution in [0.5, 0.6) is 11.5 Å². The summed E-state index contributed by atoms with van der Waals surface area (Å²) in [5.41, 5.74) is 3.32. The zero-order valence-electron chi connectivity index (χ0n) is 20.4. The van der Waals surface area contributed by atoms with Crippen molar-refractivity contribution in [3.63, 3.8) is 0 Å². The highest BCUT2D eigenvalue weighted by Crippen LogP contribution is 2.30. The number of imide groups is 1. The van der Waals surface area contributed by atoms with E-state index in [0.29, 0.717) is 36.0 Å². The number of anilines is 1. The first-order valence-corrected chi connectivity index (χ1v) is 12.8. The molecule has 1 fully saturated rings. The Morgan fingerprint density at radius 3 is 2.54 bits per heavy atom. The van der Waals surface area contributed by atoms with E-state index in [1.807, 2.05) is 50.2 Å². The van der Waals surface area contributed by atoms with Crippen molar-refractivity contribution < 1.29 is 23.9 Å². The van der Waals surface area contributed by atoms with Crippen LogP contribution in [0.4, 0.5) is 10.5 Å². The van der Waals surface area contributed by atoms with Crippen molar-refractivity contribution in [2.75, 3.05) is 18.5 Å². The number of urea groups is 1. The van der Waals surface area contributed by atoms with Crippen molar-refractivity contribution >= 4 is 52.2 Å². The van der Waals surface area contributed by atoms with Crippen LogP contribution in [-0.2, 0) is 16.2 Å². The highest BCUT2D eigenvalue weighted by Gasteiger charge is 2.35. The van der Waals surface area contributed by atoms with Gasteiger partial charge in [0.25, 0.3) is 5.91 Å². The number of benzene rings is 3. The third kappa shape index (κ3) is 6.88. The fourth-order valence-electron chi connectivity index (χ4n) is 3.69. The Labute approximate surface area is 228 Å². The molecule has 2 N–H and O–H groups in total. The Balaban J connectivity index is 1.44. The average Bonchev–Trinajstić information content (AvgIpc) is 3.12. The molecule has 0 radical (unpaired) electrons. The molecule has 37 heavy (non-hydrogen) atoms. The van der Waals surface area contributed by atoms with Crippen LogP contribution in [0, 0.1) is 10.5 Å². The molecule has 0 aliphatic carbocycles. The molecule has 0 spiro atoms. The van der Waals surface area contributed by atoms with Gasteiger partial charge in [-0.15, -0.1) is 0 Å². The quantitative estimate of drug-likeness (QED) is 0.199. The molecular formula is C28H26IN3O5. The van der Waals surface area contributed by atoms with Gasteiger partial charge in [-0.25, -0.2) is 9.69 Å². The van der Waals surface area contributed by atoms with Crippen LogP contribution in [0.25, 0.3) is 6.08 Å². The lowest BCUT2D eigenvalue weighted by atomic mass is 10.1. The number of hydrogen-bond donors (Lipinski definition) is 2. The van der Waals surface area contributed by atoms with Gasteiger partial charge in [0, 0.05) is 9.26 Å². The van der Waals surface area contributed by atoms with Gasteiger partial charge in [-0.3, -0.25) is 9.59 Å². The standard InChI is InChI=1S/C28H26IN3O5/c1-3-36-25-15-20(9-12-24(25)37-17-19-7-10-21(29)11-8-19)14-23-27(34)32(28(35)31-23)16-26(33)30-22-6-4-5-18(2)13-22/h4-15H,3,16-17H2,1-2H3,(H,30,33)(H,31,35)/b23-14+. The van der Waals surface area contributed by atoms with Gasteiger partial charge in [0.05, 0.1) is 6.61 Å². The Morgan fingerprint density at radius 2 is 1.81 bits per heavy atom. The van der Waals surface area contributed by atoms with E-state index in [1.165, 1.54) is 0 Å². The number of hydrogen-bond acceptors (Lipinski definition) is 5. The lowest BCUT2D eigenvalue weighted by Crippen LogP contribution is -2.38. The summed E-state index contributed by atoms with van der Waals surface area (Å²) >= 11 is 2.25. The smallest absolute Gasteiger partial charge is 0.329 e. The molecule has 8 nitrogen and oxygen atoms in total. The Morgan fingerprint density at radius 1 is 1.03 bits per heavy atom. The lowest BCUT2D eigenvalue weighted by Gasteiger charge is -2.13. The zero-order valence-corrected chi connectivity index (χ0v) is 22.6. The van der Waals surface area contributed by atoms with Gasteiger partial charge < -0.3 is 20.1 Å². The summed E-state index contributed by atoms with van der Waals surface area (Å²) in [6.07, 6.45) is 1.55. The zero-order chi connectivity index (χ0) is 26.4. The maximum Gasteiger partial charge on any atom is 0.329 e. The predicted octanol–water partition coefficient (Wildman–Crippen LogP) is 5.11. The van der Waals surface area contributed by atoms with Crippen molar-refractivity contribution in [3.05, 3.63) is 92.7 Å². The molecule has 0 bridgehead atoms. The second kappa shape index (κ2) is 11.9. The van der Waals surface area contributed by atoms with Gasteiger partial charge in [0.15, 0.2) is 11.5 Å². The van der Waals surface area contributed by atoms with Gasteiger partial charge in [-0.1, -0.05) is 30.3 Å². The van der Waals surface area contributed by atoms with Crippen LogP contribution >= 0.6 is 22.6 Å². The van der Waals surface area contributed by atoms with E-state index in [9.17, 15) is 14.4 Å². The van der Waals surface area contributed by atoms with E-state index >= 15 is 0 Å². The van der Waals surface area contributed by atoms with Crippen molar-refractivity contribution in [1.29, 1.82) is 0 Å². The van der Waals surface area contributed by atoms with Gasteiger partial charge in [0.1, 0.15) is 18.8 Å². The van der Waals surface area contributed by atoms with E-state index in [4.69, 9.17) is 9.47 Å². The molecule has 3 aromatic rings. The van der Waals surface area contributed by atoms with E-state index in [-0.39, 0.29) is 5.70 Å². The first-order chi connectivity index (χ1) is 17.8. The van der Waals surface area contributed by atoms with E-state index in [2.05, 4.69) is 33.2 Å². The Bertz CT molecular complexity index is 1350. The summed E-state index contributed by atoms with van der Waals surface area (Å²) in [5, 5.41) is 5.25. The molecular weight excluding hydrogens is 585 g/mol. The molecule has 1 aliphatic heterocycles. The highest BCUT2D eigenvalue weighted by atomic mass is 127. The monoisotopic (exact) mass is 611 g/mol. The molecule has 0 atom stereocenters. The number of ether oxygens (including phenoxy) is 2. The highest BCUT2D eigenvalue weighted by molar-refractivity contribution is 14.1. The molecule has 190 valence electrons. The molecule has 3 aromatic carbocycles. The molecule has 0 aromatic heterocycles. The van der Waals surface area contributed by atoms with E-state index in [0.717, 1.165) is 19.6 Å². The summed E-state index contributed by atoms with van der Waals surface area (Å²) in [4.78, 5) is 38.6. The Kier molecular flexibility index (Phi) is 8.44. The number of carbonyl (C=O) groups is 3. The van der Waals surface area contributed by atoms with Crippen molar-refractivity contribution in [2.24, 2.45) is 0 Å². The lowest BCUT2D eigenvalue weighted by molar-refractivity contribution is -0.127. The van der Waals surface area contributed by atoms with Gasteiger partial charge >= 0.3 is 6.03 Å². The van der Waals surface area contributed by atoms with E-state index < -0.39 is 24.4 Å². The Hall–Kier alpha value is -3.86. The molecule has 1 saturated heterocycles. The molecule has 4 rings (SSSR count). The largest absolute Gasteiger partial charge is 0.490 e. The predicted molar refractivity (Wildman–Crippen MR) is 149 cm³/mol. The van der Waals surface area contributed by atoms with Crippen LogP contribution in [0.2, 0.25) is 0 Å². The minimum atomic E-state index is -0.654. The fourth-order valence-corrected chi connectivity index (χ4v) is 4.05. The third-order valence-corrected chi connectivity index (χ3v) is 6.17. The van der Waals surface area contributed by atoms with Crippen LogP contribution in [0.3, 0.4) is 0 Å². The van der Waals surface area contributed by atoms with Crippen molar-refractivity contribution in [2.45, 2.75) is 20.5 Å². The minimum Gasteiger partial charge on any atom is -0.490 e. The first-order valence-electron chi connectivity index (χ1n) is 11.7. The topological polar surface area (TPSA) is 97.0 Å². The summed E-state index contributed by atoms with van der Waals surface area (Å²) < 4.78 is 12.8.